The average molecular weight is 474 g/mol. The molecular formula is C18H27IN4OS. The standard InChI is InChI=1S/C18H26N4OS.HI/c1-5-19-18(21-12-17-22-14(3)15(4)24-17)20-10-11-23-16-9-7-6-8-13(16)2;/h6-9H,5,10-12H2,1-4H3,(H2,19,20,21);1H. The smallest absolute Gasteiger partial charge is 0.191 e. The van der Waals surface area contributed by atoms with Crippen LogP contribution in [0, 0.1) is 20.8 Å². The van der Waals surface area contributed by atoms with Crippen molar-refractivity contribution in [3.8, 4) is 5.75 Å². The Labute approximate surface area is 171 Å². The average Bonchev–Trinajstić information content (AvgIpc) is 2.89. The summed E-state index contributed by atoms with van der Waals surface area (Å²) in [6, 6.07) is 8.03. The van der Waals surface area contributed by atoms with Crippen molar-refractivity contribution in [3.05, 3.63) is 45.4 Å². The fourth-order valence-electron chi connectivity index (χ4n) is 2.14. The summed E-state index contributed by atoms with van der Waals surface area (Å²) in [6.07, 6.45) is 0. The topological polar surface area (TPSA) is 58.5 Å². The third-order valence-electron chi connectivity index (χ3n) is 3.54. The second-order valence-corrected chi connectivity index (χ2v) is 6.77. The summed E-state index contributed by atoms with van der Waals surface area (Å²) in [5.41, 5.74) is 2.24. The Morgan fingerprint density at radius 1 is 1.20 bits per heavy atom. The molecule has 25 heavy (non-hydrogen) atoms. The van der Waals surface area contributed by atoms with Crippen LogP contribution >= 0.6 is 35.3 Å². The second-order valence-electron chi connectivity index (χ2n) is 5.49. The fourth-order valence-corrected chi connectivity index (χ4v) is 3.00. The molecule has 7 heteroatoms. The van der Waals surface area contributed by atoms with Crippen LogP contribution in [-0.4, -0.2) is 30.6 Å². The van der Waals surface area contributed by atoms with Gasteiger partial charge in [-0.3, -0.25) is 0 Å². The minimum Gasteiger partial charge on any atom is -0.491 e. The number of halogens is 1. The molecule has 0 radical (unpaired) electrons. The largest absolute Gasteiger partial charge is 0.491 e. The monoisotopic (exact) mass is 474 g/mol. The van der Waals surface area contributed by atoms with E-state index in [4.69, 9.17) is 4.74 Å². The van der Waals surface area contributed by atoms with Gasteiger partial charge in [-0.25, -0.2) is 9.98 Å². The van der Waals surface area contributed by atoms with Gasteiger partial charge in [0.15, 0.2) is 5.96 Å². The molecule has 0 unspecified atom stereocenters. The van der Waals surface area contributed by atoms with Crippen LogP contribution in [0.25, 0.3) is 0 Å². The van der Waals surface area contributed by atoms with Gasteiger partial charge in [-0.2, -0.15) is 0 Å². The lowest BCUT2D eigenvalue weighted by Gasteiger charge is -2.12. The molecule has 0 spiro atoms. The molecule has 2 N–H and O–H groups in total. The Balaban J connectivity index is 0.00000312. The van der Waals surface area contributed by atoms with Crippen molar-refractivity contribution in [2.45, 2.75) is 34.2 Å². The molecule has 1 heterocycles. The van der Waals surface area contributed by atoms with Crippen LogP contribution in [0.2, 0.25) is 0 Å². The van der Waals surface area contributed by atoms with Crippen LogP contribution in [0.4, 0.5) is 0 Å². The lowest BCUT2D eigenvalue weighted by molar-refractivity contribution is 0.320. The number of aromatic nitrogens is 1. The molecule has 0 aliphatic rings. The number of guanidine groups is 1. The van der Waals surface area contributed by atoms with Crippen LogP contribution in [0.5, 0.6) is 5.75 Å². The highest BCUT2D eigenvalue weighted by Gasteiger charge is 2.04. The lowest BCUT2D eigenvalue weighted by Crippen LogP contribution is -2.39. The van der Waals surface area contributed by atoms with E-state index in [2.05, 4.69) is 34.5 Å². The van der Waals surface area contributed by atoms with Gasteiger partial charge in [0, 0.05) is 11.4 Å². The zero-order valence-electron chi connectivity index (χ0n) is 15.3. The number of hydrogen-bond acceptors (Lipinski definition) is 4. The number of para-hydroxylation sites is 1. The van der Waals surface area contributed by atoms with Crippen LogP contribution < -0.4 is 15.4 Å². The second kappa shape index (κ2) is 11.3. The molecular weight excluding hydrogens is 447 g/mol. The Kier molecular flexibility index (Phi) is 9.81. The summed E-state index contributed by atoms with van der Waals surface area (Å²) in [5, 5.41) is 7.58. The number of aryl methyl sites for hydroxylation is 3. The predicted molar refractivity (Wildman–Crippen MR) is 116 cm³/mol. The fraction of sp³-hybridized carbons (Fsp3) is 0.444. The molecule has 0 saturated carbocycles. The predicted octanol–water partition coefficient (Wildman–Crippen LogP) is 3.82. The van der Waals surface area contributed by atoms with Crippen molar-refractivity contribution >= 4 is 41.3 Å². The minimum atomic E-state index is 0. The van der Waals surface area contributed by atoms with Gasteiger partial charge in [0.1, 0.15) is 17.4 Å². The molecule has 2 rings (SSSR count). The number of rotatable bonds is 7. The van der Waals surface area contributed by atoms with Crippen LogP contribution in [0.15, 0.2) is 29.3 Å². The van der Waals surface area contributed by atoms with Crippen molar-refractivity contribution < 1.29 is 4.74 Å². The van der Waals surface area contributed by atoms with Crippen molar-refractivity contribution in [2.24, 2.45) is 4.99 Å². The van der Waals surface area contributed by atoms with Gasteiger partial charge in [-0.1, -0.05) is 18.2 Å². The first kappa shape index (κ1) is 21.7. The maximum Gasteiger partial charge on any atom is 0.191 e. The van der Waals surface area contributed by atoms with Gasteiger partial charge in [0.25, 0.3) is 0 Å². The first-order valence-electron chi connectivity index (χ1n) is 8.23. The Hall–Kier alpha value is -1.35. The van der Waals surface area contributed by atoms with E-state index in [0.29, 0.717) is 19.7 Å². The van der Waals surface area contributed by atoms with E-state index in [-0.39, 0.29) is 24.0 Å². The third kappa shape index (κ3) is 7.19. The Morgan fingerprint density at radius 2 is 1.96 bits per heavy atom. The van der Waals surface area contributed by atoms with Gasteiger partial charge >= 0.3 is 0 Å². The van der Waals surface area contributed by atoms with Crippen LogP contribution in [-0.2, 0) is 6.54 Å². The molecule has 138 valence electrons. The summed E-state index contributed by atoms with van der Waals surface area (Å²) in [5.74, 6) is 1.71. The number of nitrogens with zero attached hydrogens (tertiary/aromatic N) is 2. The number of benzene rings is 1. The molecule has 0 amide bonds. The Morgan fingerprint density at radius 3 is 2.60 bits per heavy atom. The lowest BCUT2D eigenvalue weighted by atomic mass is 10.2. The van der Waals surface area contributed by atoms with Crippen molar-refractivity contribution in [1.82, 2.24) is 15.6 Å². The zero-order chi connectivity index (χ0) is 17.4. The molecule has 0 saturated heterocycles. The molecule has 0 bridgehead atoms. The van der Waals surface area contributed by atoms with E-state index >= 15 is 0 Å². The molecule has 0 atom stereocenters. The van der Waals surface area contributed by atoms with E-state index in [1.165, 1.54) is 4.88 Å². The zero-order valence-corrected chi connectivity index (χ0v) is 18.4. The summed E-state index contributed by atoms with van der Waals surface area (Å²) in [4.78, 5) is 10.4. The summed E-state index contributed by atoms with van der Waals surface area (Å²) >= 11 is 1.70. The van der Waals surface area contributed by atoms with Gasteiger partial charge in [0.05, 0.1) is 18.8 Å². The molecule has 1 aromatic carbocycles. The van der Waals surface area contributed by atoms with Gasteiger partial charge in [-0.05, 0) is 39.3 Å². The van der Waals surface area contributed by atoms with Crippen molar-refractivity contribution in [1.29, 1.82) is 0 Å². The summed E-state index contributed by atoms with van der Waals surface area (Å²) in [7, 11) is 0. The summed E-state index contributed by atoms with van der Waals surface area (Å²) < 4.78 is 5.79. The molecule has 5 nitrogen and oxygen atoms in total. The van der Waals surface area contributed by atoms with Crippen molar-refractivity contribution in [2.75, 3.05) is 19.7 Å². The normalized spacial score (nSPS) is 11.0. The van der Waals surface area contributed by atoms with E-state index in [9.17, 15) is 0 Å². The van der Waals surface area contributed by atoms with Gasteiger partial charge in [-0.15, -0.1) is 35.3 Å². The molecule has 0 fully saturated rings. The Bertz CT molecular complexity index is 668. The van der Waals surface area contributed by atoms with E-state index in [1.54, 1.807) is 11.3 Å². The summed E-state index contributed by atoms with van der Waals surface area (Å²) in [6.45, 7) is 10.9. The van der Waals surface area contributed by atoms with Gasteiger partial charge < -0.3 is 15.4 Å². The number of nitrogens with one attached hydrogen (secondary N) is 2. The quantitative estimate of drug-likeness (QED) is 0.277. The number of thiazole rings is 1. The highest BCUT2D eigenvalue weighted by molar-refractivity contribution is 14.0. The minimum absolute atomic E-state index is 0. The SMILES string of the molecule is CCNC(=NCc1nc(C)c(C)s1)NCCOc1ccccc1C.I. The molecule has 0 aliphatic heterocycles. The first-order chi connectivity index (χ1) is 11.6. The molecule has 1 aromatic heterocycles. The maximum atomic E-state index is 5.79. The number of ether oxygens (including phenoxy) is 1. The molecule has 2 aromatic rings. The number of hydrogen-bond donors (Lipinski definition) is 2. The van der Waals surface area contributed by atoms with Crippen LogP contribution in [0.3, 0.4) is 0 Å². The third-order valence-corrected chi connectivity index (χ3v) is 4.59. The van der Waals surface area contributed by atoms with E-state index < -0.39 is 0 Å². The number of aliphatic imine (C=N–C) groups is 1. The highest BCUT2D eigenvalue weighted by atomic mass is 127. The van der Waals surface area contributed by atoms with E-state index in [0.717, 1.165) is 34.5 Å². The van der Waals surface area contributed by atoms with E-state index in [1.807, 2.05) is 38.1 Å². The van der Waals surface area contributed by atoms with Crippen molar-refractivity contribution in [3.63, 3.8) is 0 Å². The first-order valence-corrected chi connectivity index (χ1v) is 9.05. The molecule has 0 aliphatic carbocycles. The van der Waals surface area contributed by atoms with Crippen LogP contribution in [0.1, 0.15) is 28.1 Å². The highest BCUT2D eigenvalue weighted by Crippen LogP contribution is 2.17. The maximum absolute atomic E-state index is 5.79. The van der Waals surface area contributed by atoms with Gasteiger partial charge in [0.2, 0.25) is 0 Å².